The van der Waals surface area contributed by atoms with Crippen LogP contribution in [0.2, 0.25) is 0 Å². The molecule has 0 aliphatic carbocycles. The maximum Gasteiger partial charge on any atom is 0.338 e. The van der Waals surface area contributed by atoms with Gasteiger partial charge in [-0.25, -0.2) is 13.2 Å². The summed E-state index contributed by atoms with van der Waals surface area (Å²) >= 11 is 0. The molecule has 1 rings (SSSR count). The first kappa shape index (κ1) is 17.0. The molecule has 0 heterocycles. The molecule has 0 radical (unpaired) electrons. The third-order valence-electron chi connectivity index (χ3n) is 2.54. The molecule has 7 nitrogen and oxygen atoms in total. The van der Waals surface area contributed by atoms with Crippen LogP contribution in [0.5, 0.6) is 0 Å². The van der Waals surface area contributed by atoms with Gasteiger partial charge in [-0.2, -0.15) is 0 Å². The Bertz CT molecular complexity index is 621. The maximum atomic E-state index is 11.7. The number of aliphatic carboxylic acids is 1. The molecule has 1 atom stereocenters. The predicted molar refractivity (Wildman–Crippen MR) is 76.6 cm³/mol. The number of ether oxygens (including phenoxy) is 1. The molecule has 0 aliphatic heterocycles. The fourth-order valence-corrected chi connectivity index (χ4v) is 2.25. The van der Waals surface area contributed by atoms with Crippen molar-refractivity contribution in [2.45, 2.75) is 32.1 Å². The first-order valence-electron chi connectivity index (χ1n) is 6.19. The number of esters is 1. The highest BCUT2D eigenvalue weighted by atomic mass is 32.2. The van der Waals surface area contributed by atoms with E-state index in [9.17, 15) is 18.0 Å². The van der Waals surface area contributed by atoms with Gasteiger partial charge in [-0.05, 0) is 45.0 Å². The van der Waals surface area contributed by atoms with Crippen LogP contribution in [0, 0.1) is 0 Å². The van der Waals surface area contributed by atoms with E-state index in [1.54, 1.807) is 13.8 Å². The first-order valence-corrected chi connectivity index (χ1v) is 7.73. The molecular formula is C13H17NO6S. The zero-order valence-electron chi connectivity index (χ0n) is 11.9. The average molecular weight is 315 g/mol. The van der Waals surface area contributed by atoms with Crippen molar-refractivity contribution in [1.82, 2.24) is 0 Å². The number of hydrogen-bond acceptors (Lipinski definition) is 5. The number of sulfonamides is 1. The second kappa shape index (κ2) is 6.57. The van der Waals surface area contributed by atoms with Gasteiger partial charge in [-0.1, -0.05) is 0 Å². The molecule has 116 valence electrons. The van der Waals surface area contributed by atoms with Gasteiger partial charge in [0.2, 0.25) is 10.0 Å². The quantitative estimate of drug-likeness (QED) is 0.769. The summed E-state index contributed by atoms with van der Waals surface area (Å²) < 4.78 is 30.6. The molecule has 1 unspecified atom stereocenters. The molecule has 0 fully saturated rings. The molecular weight excluding hydrogens is 298 g/mol. The third-order valence-corrected chi connectivity index (χ3v) is 4.19. The number of carbonyl (C=O) groups is 2. The van der Waals surface area contributed by atoms with E-state index < -0.39 is 27.2 Å². The lowest BCUT2D eigenvalue weighted by molar-refractivity contribution is -0.136. The van der Waals surface area contributed by atoms with Gasteiger partial charge in [0.05, 0.1) is 11.7 Å². The van der Waals surface area contributed by atoms with Crippen LogP contribution in [-0.2, 0) is 19.6 Å². The van der Waals surface area contributed by atoms with Gasteiger partial charge in [0.1, 0.15) is 0 Å². The van der Waals surface area contributed by atoms with Gasteiger partial charge < -0.3 is 9.84 Å². The molecule has 0 aliphatic rings. The molecule has 0 saturated carbocycles. The predicted octanol–water partition coefficient (Wildman–Crippen LogP) is 1.47. The van der Waals surface area contributed by atoms with Crippen LogP contribution in [0.25, 0.3) is 0 Å². The largest absolute Gasteiger partial charge is 0.480 e. The van der Waals surface area contributed by atoms with Crippen LogP contribution < -0.4 is 4.72 Å². The van der Waals surface area contributed by atoms with E-state index in [2.05, 4.69) is 4.72 Å². The lowest BCUT2D eigenvalue weighted by Crippen LogP contribution is -2.32. The van der Waals surface area contributed by atoms with E-state index in [1.807, 2.05) is 0 Å². The lowest BCUT2D eigenvalue weighted by atomic mass is 10.2. The smallest absolute Gasteiger partial charge is 0.338 e. The Morgan fingerprint density at radius 3 is 2.10 bits per heavy atom. The van der Waals surface area contributed by atoms with E-state index in [-0.39, 0.29) is 17.4 Å². The second-order valence-electron chi connectivity index (χ2n) is 4.66. The van der Waals surface area contributed by atoms with Crippen molar-refractivity contribution in [2.24, 2.45) is 0 Å². The van der Waals surface area contributed by atoms with Crippen LogP contribution >= 0.6 is 0 Å². The van der Waals surface area contributed by atoms with E-state index in [1.165, 1.54) is 24.3 Å². The number of hydrogen-bond donors (Lipinski definition) is 2. The van der Waals surface area contributed by atoms with Gasteiger partial charge in [0, 0.05) is 5.69 Å². The molecule has 0 aromatic heterocycles. The van der Waals surface area contributed by atoms with Crippen LogP contribution in [0.1, 0.15) is 31.1 Å². The van der Waals surface area contributed by atoms with E-state index in [4.69, 9.17) is 9.84 Å². The molecule has 2 N–H and O–H groups in total. The molecule has 0 spiro atoms. The molecule has 21 heavy (non-hydrogen) atoms. The fraction of sp³-hybridized carbons (Fsp3) is 0.385. The Balaban J connectivity index is 2.84. The summed E-state index contributed by atoms with van der Waals surface area (Å²) in [4.78, 5) is 22.3. The monoisotopic (exact) mass is 315 g/mol. The van der Waals surface area contributed by atoms with Crippen LogP contribution in [-0.4, -0.2) is 36.8 Å². The second-order valence-corrected chi connectivity index (χ2v) is 6.66. The van der Waals surface area contributed by atoms with Gasteiger partial charge >= 0.3 is 11.9 Å². The number of carbonyl (C=O) groups excluding carboxylic acids is 1. The minimum atomic E-state index is -4.03. The van der Waals surface area contributed by atoms with E-state index >= 15 is 0 Å². The minimum absolute atomic E-state index is 0.171. The lowest BCUT2D eigenvalue weighted by Gasteiger charge is -2.12. The number of nitrogens with one attached hydrogen (secondary N) is 1. The summed E-state index contributed by atoms with van der Waals surface area (Å²) in [6.45, 7) is 4.50. The standard InChI is InChI=1S/C13H17NO6S/c1-8(2)20-13(17)10-4-6-11(7-5-10)14-21(18,19)9(3)12(15)16/h4-9,14H,1-3H3,(H,15,16). The molecule has 0 saturated heterocycles. The topological polar surface area (TPSA) is 110 Å². The van der Waals surface area contributed by atoms with Crippen molar-refractivity contribution in [1.29, 1.82) is 0 Å². The zero-order chi connectivity index (χ0) is 16.2. The summed E-state index contributed by atoms with van der Waals surface area (Å²) in [5.74, 6) is -1.96. The summed E-state index contributed by atoms with van der Waals surface area (Å²) in [7, 11) is -4.03. The van der Waals surface area contributed by atoms with Gasteiger partial charge in [-0.15, -0.1) is 0 Å². The Kier molecular flexibility index (Phi) is 5.31. The zero-order valence-corrected chi connectivity index (χ0v) is 12.7. The van der Waals surface area contributed by atoms with Crippen molar-refractivity contribution in [3.8, 4) is 0 Å². The van der Waals surface area contributed by atoms with Crippen LogP contribution in [0.3, 0.4) is 0 Å². The number of rotatable bonds is 6. The third kappa shape index (κ3) is 4.75. The Hall–Kier alpha value is -2.09. The van der Waals surface area contributed by atoms with Gasteiger partial charge in [0.15, 0.2) is 5.25 Å². The summed E-state index contributed by atoms with van der Waals surface area (Å²) in [6.07, 6.45) is -0.257. The minimum Gasteiger partial charge on any atom is -0.480 e. The highest BCUT2D eigenvalue weighted by Crippen LogP contribution is 2.14. The number of anilines is 1. The SMILES string of the molecule is CC(C)OC(=O)c1ccc(NS(=O)(=O)C(C)C(=O)O)cc1. The van der Waals surface area contributed by atoms with Crippen LogP contribution in [0.4, 0.5) is 5.69 Å². The van der Waals surface area contributed by atoms with Gasteiger partial charge in [-0.3, -0.25) is 9.52 Å². The van der Waals surface area contributed by atoms with Crippen molar-refractivity contribution in [2.75, 3.05) is 4.72 Å². The molecule has 8 heteroatoms. The highest BCUT2D eigenvalue weighted by Gasteiger charge is 2.27. The Morgan fingerprint density at radius 1 is 1.14 bits per heavy atom. The Morgan fingerprint density at radius 2 is 1.67 bits per heavy atom. The number of carboxylic acid groups (broad SMARTS) is 1. The van der Waals surface area contributed by atoms with E-state index in [0.29, 0.717) is 0 Å². The highest BCUT2D eigenvalue weighted by molar-refractivity contribution is 7.94. The summed E-state index contributed by atoms with van der Waals surface area (Å²) in [5, 5.41) is 7.14. The van der Waals surface area contributed by atoms with E-state index in [0.717, 1.165) is 6.92 Å². The van der Waals surface area contributed by atoms with Crippen molar-refractivity contribution in [3.05, 3.63) is 29.8 Å². The molecule has 1 aromatic carbocycles. The first-order chi connectivity index (χ1) is 9.63. The van der Waals surface area contributed by atoms with Crippen molar-refractivity contribution < 1.29 is 27.9 Å². The molecule has 0 bridgehead atoms. The van der Waals surface area contributed by atoms with Crippen molar-refractivity contribution >= 4 is 27.6 Å². The molecule has 0 amide bonds. The maximum absolute atomic E-state index is 11.7. The van der Waals surface area contributed by atoms with Crippen LogP contribution in [0.15, 0.2) is 24.3 Å². The Labute approximate surface area is 123 Å². The van der Waals surface area contributed by atoms with Gasteiger partial charge in [0.25, 0.3) is 0 Å². The summed E-state index contributed by atoms with van der Waals surface area (Å²) in [6, 6.07) is 5.52. The number of benzene rings is 1. The van der Waals surface area contributed by atoms with Crippen molar-refractivity contribution in [3.63, 3.8) is 0 Å². The normalized spacial score (nSPS) is 12.8. The molecule has 1 aromatic rings. The fourth-order valence-electron chi connectivity index (χ4n) is 1.34. The summed E-state index contributed by atoms with van der Waals surface area (Å²) in [5.41, 5.74) is 0.446. The average Bonchev–Trinajstić information content (AvgIpc) is 2.37. The number of carboxylic acids is 1.